The van der Waals surface area contributed by atoms with E-state index < -0.39 is 0 Å². The number of nitrogens with one attached hydrogen (secondary N) is 2. The fourth-order valence-electron chi connectivity index (χ4n) is 3.95. The number of benzene rings is 2. The van der Waals surface area contributed by atoms with Gasteiger partial charge in [-0.3, -0.25) is 4.79 Å². The summed E-state index contributed by atoms with van der Waals surface area (Å²) in [6.07, 6.45) is 2.13. The molecule has 31 heavy (non-hydrogen) atoms. The summed E-state index contributed by atoms with van der Waals surface area (Å²) in [4.78, 5) is 17.9. The molecule has 2 aromatic carbocycles. The van der Waals surface area contributed by atoms with Crippen LogP contribution in [0.2, 0.25) is 0 Å². The number of thiocarbonyl (C=S) groups is 1. The minimum atomic E-state index is -0.0979. The highest BCUT2D eigenvalue weighted by molar-refractivity contribution is 7.80. The molecule has 0 radical (unpaired) electrons. The van der Waals surface area contributed by atoms with Crippen LogP contribution in [0.4, 0.5) is 5.69 Å². The van der Waals surface area contributed by atoms with E-state index >= 15 is 0 Å². The van der Waals surface area contributed by atoms with E-state index in [1.54, 1.807) is 7.11 Å². The van der Waals surface area contributed by atoms with Crippen molar-refractivity contribution in [2.45, 2.75) is 32.4 Å². The number of aromatic amines is 1. The van der Waals surface area contributed by atoms with Crippen molar-refractivity contribution >= 4 is 33.9 Å². The van der Waals surface area contributed by atoms with E-state index in [0.29, 0.717) is 29.5 Å². The van der Waals surface area contributed by atoms with Gasteiger partial charge in [-0.25, -0.2) is 0 Å². The van der Waals surface area contributed by atoms with Crippen LogP contribution < -0.4 is 15.6 Å². The fourth-order valence-corrected chi connectivity index (χ4v) is 4.20. The quantitative estimate of drug-likeness (QED) is 0.563. The van der Waals surface area contributed by atoms with Gasteiger partial charge in [-0.05, 0) is 61.1 Å². The van der Waals surface area contributed by atoms with Gasteiger partial charge in [-0.2, -0.15) is 0 Å². The molecule has 1 fully saturated rings. The number of aryl methyl sites for hydroxylation is 1. The Kier molecular flexibility index (Phi) is 6.53. The van der Waals surface area contributed by atoms with Crippen LogP contribution in [-0.2, 0) is 11.3 Å². The van der Waals surface area contributed by atoms with Crippen LogP contribution in [0, 0.1) is 6.92 Å². The van der Waals surface area contributed by atoms with Gasteiger partial charge < -0.3 is 24.7 Å². The molecule has 0 saturated carbocycles. The summed E-state index contributed by atoms with van der Waals surface area (Å²) in [7, 11) is 1.63. The summed E-state index contributed by atoms with van der Waals surface area (Å²) in [6.45, 7) is 3.77. The van der Waals surface area contributed by atoms with Crippen LogP contribution in [0.5, 0.6) is 5.75 Å². The first-order chi connectivity index (χ1) is 15.0. The van der Waals surface area contributed by atoms with Gasteiger partial charge in [0.2, 0.25) is 0 Å². The number of H-pyrrole nitrogens is 1. The number of ether oxygens (including phenoxy) is 2. The molecule has 6 nitrogen and oxygen atoms in total. The molecule has 162 valence electrons. The molecule has 4 rings (SSSR count). The monoisotopic (exact) mass is 437 g/mol. The van der Waals surface area contributed by atoms with E-state index in [1.165, 1.54) is 0 Å². The summed E-state index contributed by atoms with van der Waals surface area (Å²) in [5.74, 6) is 0.709. The molecular weight excluding hydrogens is 410 g/mol. The van der Waals surface area contributed by atoms with E-state index in [-0.39, 0.29) is 11.7 Å². The Balaban J connectivity index is 1.62. The van der Waals surface area contributed by atoms with Crippen molar-refractivity contribution in [1.82, 2.24) is 9.88 Å². The van der Waals surface area contributed by atoms with Crippen LogP contribution in [0.3, 0.4) is 0 Å². The van der Waals surface area contributed by atoms with Crippen LogP contribution in [-0.4, -0.2) is 41.4 Å². The Bertz CT molecular complexity index is 1140. The standard InChI is InChI=1S/C24H27N3O3S/c1-16-7-5-8-17-13-18(23(28)26-22(16)17)14-27(15-19-9-6-12-30-19)24(31)25-20-10-3-4-11-21(20)29-2/h3-5,7-8,10-11,13,19H,6,9,12,14-15H2,1-2H3,(H,25,31)(H,26,28)/t19-/m1/s1. The third kappa shape index (κ3) is 4.89. The van der Waals surface area contributed by atoms with Gasteiger partial charge in [0.15, 0.2) is 5.11 Å². The zero-order chi connectivity index (χ0) is 21.8. The minimum absolute atomic E-state index is 0.0965. The number of anilines is 1. The van der Waals surface area contributed by atoms with Gasteiger partial charge in [-0.15, -0.1) is 0 Å². The van der Waals surface area contributed by atoms with Crippen LogP contribution in [0.15, 0.2) is 53.3 Å². The van der Waals surface area contributed by atoms with Gasteiger partial charge >= 0.3 is 0 Å². The number of hydrogen-bond donors (Lipinski definition) is 2. The third-order valence-corrected chi connectivity index (χ3v) is 5.97. The van der Waals surface area contributed by atoms with Gasteiger partial charge in [0.05, 0.1) is 31.0 Å². The van der Waals surface area contributed by atoms with E-state index in [9.17, 15) is 4.79 Å². The highest BCUT2D eigenvalue weighted by Crippen LogP contribution is 2.24. The molecule has 1 aliphatic heterocycles. The minimum Gasteiger partial charge on any atom is -0.495 e. The summed E-state index contributed by atoms with van der Waals surface area (Å²) in [5.41, 5.74) is 3.28. The lowest BCUT2D eigenvalue weighted by molar-refractivity contribution is 0.0904. The maximum atomic E-state index is 12.8. The Morgan fingerprint density at radius 1 is 1.29 bits per heavy atom. The number of rotatable bonds is 6. The van der Waals surface area contributed by atoms with Crippen molar-refractivity contribution in [2.75, 3.05) is 25.6 Å². The van der Waals surface area contributed by atoms with Crippen LogP contribution in [0.25, 0.3) is 10.9 Å². The highest BCUT2D eigenvalue weighted by Gasteiger charge is 2.22. The molecule has 0 aliphatic carbocycles. The average molecular weight is 438 g/mol. The Morgan fingerprint density at radius 3 is 2.90 bits per heavy atom. The Hall–Kier alpha value is -2.90. The van der Waals surface area contributed by atoms with Gasteiger partial charge in [0.1, 0.15) is 5.75 Å². The fraction of sp³-hybridized carbons (Fsp3) is 0.333. The summed E-state index contributed by atoms with van der Waals surface area (Å²) < 4.78 is 11.3. The van der Waals surface area contributed by atoms with Crippen molar-refractivity contribution < 1.29 is 9.47 Å². The first-order valence-corrected chi connectivity index (χ1v) is 10.9. The van der Waals surface area contributed by atoms with Crippen molar-refractivity contribution in [3.63, 3.8) is 0 Å². The van der Waals surface area contributed by atoms with E-state index in [2.05, 4.69) is 10.3 Å². The Labute approximate surface area is 187 Å². The molecule has 0 spiro atoms. The van der Waals surface area contributed by atoms with Gasteiger partial charge in [0, 0.05) is 18.7 Å². The lowest BCUT2D eigenvalue weighted by Crippen LogP contribution is -2.40. The van der Waals surface area contributed by atoms with Gasteiger partial charge in [0.25, 0.3) is 5.56 Å². The molecule has 1 saturated heterocycles. The van der Waals surface area contributed by atoms with Gasteiger partial charge in [-0.1, -0.05) is 30.3 Å². The van der Waals surface area contributed by atoms with Crippen LogP contribution >= 0.6 is 12.2 Å². The molecule has 0 bridgehead atoms. The highest BCUT2D eigenvalue weighted by atomic mass is 32.1. The van der Waals surface area contributed by atoms with Crippen molar-refractivity contribution in [1.29, 1.82) is 0 Å². The lowest BCUT2D eigenvalue weighted by atomic mass is 10.1. The summed E-state index contributed by atoms with van der Waals surface area (Å²) in [6, 6.07) is 15.6. The smallest absolute Gasteiger partial charge is 0.253 e. The number of hydrogen-bond acceptors (Lipinski definition) is 4. The Morgan fingerprint density at radius 2 is 2.13 bits per heavy atom. The second kappa shape index (κ2) is 9.49. The predicted molar refractivity (Wildman–Crippen MR) is 128 cm³/mol. The van der Waals surface area contributed by atoms with Crippen molar-refractivity contribution in [2.24, 2.45) is 0 Å². The number of fused-ring (bicyclic) bond motifs is 1. The molecule has 1 atom stereocenters. The van der Waals surface area contributed by atoms with Crippen molar-refractivity contribution in [3.05, 3.63) is 70.0 Å². The van der Waals surface area contributed by atoms with E-state index in [4.69, 9.17) is 21.7 Å². The zero-order valence-corrected chi connectivity index (χ0v) is 18.6. The lowest BCUT2D eigenvalue weighted by Gasteiger charge is -2.28. The first kappa shape index (κ1) is 21.3. The molecule has 2 heterocycles. The molecule has 1 aromatic heterocycles. The maximum absolute atomic E-state index is 12.8. The molecule has 3 aromatic rings. The maximum Gasteiger partial charge on any atom is 0.253 e. The van der Waals surface area contributed by atoms with E-state index in [0.717, 1.165) is 41.6 Å². The third-order valence-electron chi connectivity index (χ3n) is 5.61. The largest absolute Gasteiger partial charge is 0.495 e. The number of methoxy groups -OCH3 is 1. The second-order valence-electron chi connectivity index (χ2n) is 7.81. The topological polar surface area (TPSA) is 66.6 Å². The summed E-state index contributed by atoms with van der Waals surface area (Å²) in [5, 5.41) is 4.83. The molecule has 0 unspecified atom stereocenters. The molecule has 1 aliphatic rings. The molecule has 0 amide bonds. The normalized spacial score (nSPS) is 15.7. The molecular formula is C24H27N3O3S. The second-order valence-corrected chi connectivity index (χ2v) is 8.20. The number of para-hydroxylation sites is 3. The van der Waals surface area contributed by atoms with Crippen LogP contribution in [0.1, 0.15) is 24.0 Å². The number of nitrogens with zero attached hydrogens (tertiary/aromatic N) is 1. The SMILES string of the molecule is COc1ccccc1NC(=S)N(Cc1cc2cccc(C)c2[nH]c1=O)C[C@H]1CCCO1. The number of aromatic nitrogens is 1. The molecule has 2 N–H and O–H groups in total. The number of pyridine rings is 1. The average Bonchev–Trinajstić information content (AvgIpc) is 3.28. The van der Waals surface area contributed by atoms with E-state index in [1.807, 2.05) is 60.4 Å². The first-order valence-electron chi connectivity index (χ1n) is 10.5. The molecule has 7 heteroatoms. The predicted octanol–water partition coefficient (Wildman–Crippen LogP) is 4.22. The van der Waals surface area contributed by atoms with Crippen molar-refractivity contribution in [3.8, 4) is 5.75 Å². The zero-order valence-electron chi connectivity index (χ0n) is 17.8. The summed E-state index contributed by atoms with van der Waals surface area (Å²) >= 11 is 5.75.